The lowest BCUT2D eigenvalue weighted by atomic mass is 10.1. The van der Waals surface area contributed by atoms with Gasteiger partial charge in [-0.25, -0.2) is 9.59 Å². The number of carbonyl (C=O) groups is 2. The minimum Gasteiger partial charge on any atom is -0.431 e. The Hall–Kier alpha value is -4.10. The van der Waals surface area contributed by atoms with E-state index in [1.165, 1.54) is 0 Å². The van der Waals surface area contributed by atoms with Crippen molar-refractivity contribution in [3.63, 3.8) is 0 Å². The molecule has 0 aliphatic heterocycles. The van der Waals surface area contributed by atoms with Crippen LogP contribution in [0.2, 0.25) is 0 Å². The lowest BCUT2D eigenvalue weighted by Crippen LogP contribution is -2.20. The summed E-state index contributed by atoms with van der Waals surface area (Å²) < 4.78 is 12.2. The molecule has 0 N–H and O–H groups in total. The minimum atomic E-state index is -1.43. The largest absolute Gasteiger partial charge is 0.431 e. The summed E-state index contributed by atoms with van der Waals surface area (Å²) in [4.78, 5) is 27.1. The normalized spacial score (nSPS) is 10.8. The minimum absolute atomic E-state index is 0.174. The first kappa shape index (κ1) is 25.5. The zero-order valence-electron chi connectivity index (χ0n) is 20.4. The van der Waals surface area contributed by atoms with Crippen molar-refractivity contribution in [2.75, 3.05) is 0 Å². The molecule has 5 rings (SSSR count). The van der Waals surface area contributed by atoms with E-state index in [2.05, 4.69) is 0 Å². The van der Waals surface area contributed by atoms with E-state index in [-0.39, 0.29) is 11.1 Å². The first-order valence-corrected chi connectivity index (χ1v) is 14.6. The Bertz CT molecular complexity index is 1300. The van der Waals surface area contributed by atoms with Crippen LogP contribution in [0.25, 0.3) is 0 Å². The van der Waals surface area contributed by atoms with Crippen molar-refractivity contribution in [3.05, 3.63) is 157 Å². The number of hydrogen-bond donors (Lipinski definition) is 0. The van der Waals surface area contributed by atoms with E-state index >= 15 is 0 Å². The molecule has 6 heteroatoms. The van der Waals surface area contributed by atoms with Gasteiger partial charge in [0.2, 0.25) is 0 Å². The predicted octanol–water partition coefficient (Wildman–Crippen LogP) is 6.10. The number of rotatable bonds is 8. The van der Waals surface area contributed by atoms with Crippen molar-refractivity contribution in [1.82, 2.24) is 0 Å². The quantitative estimate of drug-likeness (QED) is 0.226. The van der Waals surface area contributed by atoms with Crippen molar-refractivity contribution in [2.24, 2.45) is 0 Å². The van der Waals surface area contributed by atoms with E-state index < -0.39 is 28.2 Å². The van der Waals surface area contributed by atoms with Crippen molar-refractivity contribution >= 4 is 49.5 Å². The summed E-state index contributed by atoms with van der Waals surface area (Å²) in [5, 5.41) is 3.61. The van der Waals surface area contributed by atoms with Crippen LogP contribution < -0.4 is 21.2 Å². The van der Waals surface area contributed by atoms with Crippen LogP contribution in [0, 0.1) is 0 Å². The summed E-state index contributed by atoms with van der Waals surface area (Å²) >= 11 is 0. The highest BCUT2D eigenvalue weighted by Crippen LogP contribution is 2.38. The fraction of sp³-hybridized carbons (Fsp3) is 0. The van der Waals surface area contributed by atoms with E-state index in [9.17, 15) is 9.59 Å². The average molecular weight is 534 g/mol. The summed E-state index contributed by atoms with van der Waals surface area (Å²) in [7, 11) is -2.86. The van der Waals surface area contributed by atoms with Gasteiger partial charge in [-0.15, -0.1) is 0 Å². The fourth-order valence-electron chi connectivity index (χ4n) is 3.87. The topological polar surface area (TPSA) is 52.6 Å². The molecule has 5 aromatic carbocycles. The molecule has 0 atom stereocenters. The Kier molecular flexibility index (Phi) is 8.36. The van der Waals surface area contributed by atoms with E-state index in [1.807, 2.05) is 121 Å². The highest BCUT2D eigenvalue weighted by atomic mass is 31.1. The van der Waals surface area contributed by atoms with Gasteiger partial charge >= 0.3 is 11.9 Å². The monoisotopic (exact) mass is 534 g/mol. The molecule has 0 saturated heterocycles. The third-order valence-electron chi connectivity index (χ3n) is 5.68. The third-order valence-corrected chi connectivity index (χ3v) is 9.44. The van der Waals surface area contributed by atoms with Gasteiger partial charge in [0.1, 0.15) is 0 Å². The first-order valence-electron chi connectivity index (χ1n) is 12.0. The van der Waals surface area contributed by atoms with Crippen LogP contribution >= 0.6 is 16.3 Å². The van der Waals surface area contributed by atoms with Crippen LogP contribution in [0.4, 0.5) is 0 Å². The highest BCUT2D eigenvalue weighted by molar-refractivity contribution is 7.69. The molecular weight excluding hydrogens is 510 g/mol. The summed E-state index contributed by atoms with van der Waals surface area (Å²) in [6.07, 6.45) is 0. The molecule has 0 saturated carbocycles. The third kappa shape index (κ3) is 6.06. The fourth-order valence-corrected chi connectivity index (χ4v) is 7.18. The molecule has 0 amide bonds. The molecule has 5 aromatic rings. The van der Waals surface area contributed by atoms with Gasteiger partial charge in [-0.3, -0.25) is 0 Å². The molecule has 0 aromatic heterocycles. The molecule has 0 bridgehead atoms. The van der Waals surface area contributed by atoms with Crippen LogP contribution in [-0.4, -0.2) is 11.9 Å². The molecular formula is C32H24O4P2. The lowest BCUT2D eigenvalue weighted by molar-refractivity contribution is 0.0716. The van der Waals surface area contributed by atoms with Gasteiger partial charge in [0, 0.05) is 21.2 Å². The maximum atomic E-state index is 13.5. The van der Waals surface area contributed by atoms with Crippen molar-refractivity contribution in [2.45, 2.75) is 0 Å². The summed E-state index contributed by atoms with van der Waals surface area (Å²) in [5.74, 6) is -1.14. The van der Waals surface area contributed by atoms with E-state index in [4.69, 9.17) is 9.05 Å². The maximum Gasteiger partial charge on any atom is 0.342 e. The van der Waals surface area contributed by atoms with E-state index in [1.54, 1.807) is 24.3 Å². The lowest BCUT2D eigenvalue weighted by Gasteiger charge is -2.20. The van der Waals surface area contributed by atoms with E-state index in [0.717, 1.165) is 21.2 Å². The Morgan fingerprint density at radius 1 is 0.368 bits per heavy atom. The number of hydrogen-bond acceptors (Lipinski definition) is 4. The van der Waals surface area contributed by atoms with Crippen molar-refractivity contribution in [1.29, 1.82) is 0 Å². The van der Waals surface area contributed by atoms with Gasteiger partial charge in [-0.2, -0.15) is 0 Å². The second-order valence-electron chi connectivity index (χ2n) is 8.23. The van der Waals surface area contributed by atoms with Gasteiger partial charge in [0.15, 0.2) is 16.3 Å². The van der Waals surface area contributed by atoms with Crippen molar-refractivity contribution in [3.8, 4) is 0 Å². The smallest absolute Gasteiger partial charge is 0.342 e. The predicted molar refractivity (Wildman–Crippen MR) is 155 cm³/mol. The maximum absolute atomic E-state index is 13.5. The number of carbonyl (C=O) groups excluding carboxylic acids is 2. The summed E-state index contributed by atoms with van der Waals surface area (Å²) in [5.41, 5.74) is 0.348. The van der Waals surface area contributed by atoms with Crippen LogP contribution in [0.5, 0.6) is 0 Å². The van der Waals surface area contributed by atoms with Gasteiger partial charge in [0.25, 0.3) is 0 Å². The Labute approximate surface area is 224 Å². The molecule has 0 spiro atoms. The Balaban J connectivity index is 1.44. The van der Waals surface area contributed by atoms with Crippen LogP contribution in [-0.2, 0) is 9.05 Å². The molecule has 0 aliphatic rings. The van der Waals surface area contributed by atoms with Gasteiger partial charge in [-0.05, 0) is 12.1 Å². The van der Waals surface area contributed by atoms with Crippen LogP contribution in [0.15, 0.2) is 146 Å². The highest BCUT2D eigenvalue weighted by Gasteiger charge is 2.27. The van der Waals surface area contributed by atoms with Crippen LogP contribution in [0.1, 0.15) is 20.7 Å². The molecule has 38 heavy (non-hydrogen) atoms. The zero-order valence-corrected chi connectivity index (χ0v) is 22.2. The van der Waals surface area contributed by atoms with Gasteiger partial charge in [0.05, 0.1) is 11.1 Å². The number of benzene rings is 5. The first-order chi connectivity index (χ1) is 18.7. The molecule has 0 fully saturated rings. The molecule has 186 valence electrons. The molecule has 0 unspecified atom stereocenters. The molecule has 4 nitrogen and oxygen atoms in total. The Morgan fingerprint density at radius 3 is 0.868 bits per heavy atom. The molecule has 0 aliphatic carbocycles. The van der Waals surface area contributed by atoms with Gasteiger partial charge in [-0.1, -0.05) is 133 Å². The summed E-state index contributed by atoms with van der Waals surface area (Å²) in [6, 6.07) is 45.2. The Morgan fingerprint density at radius 2 is 0.605 bits per heavy atom. The molecule has 0 radical (unpaired) electrons. The van der Waals surface area contributed by atoms with Gasteiger partial charge < -0.3 is 9.05 Å². The zero-order chi connectivity index (χ0) is 26.2. The second kappa shape index (κ2) is 12.4. The second-order valence-corrected chi connectivity index (χ2v) is 11.8. The molecule has 0 heterocycles. The average Bonchev–Trinajstić information content (AvgIpc) is 3.00. The van der Waals surface area contributed by atoms with Crippen molar-refractivity contribution < 1.29 is 18.6 Å². The van der Waals surface area contributed by atoms with E-state index in [0.29, 0.717) is 0 Å². The summed E-state index contributed by atoms with van der Waals surface area (Å²) in [6.45, 7) is 0. The standard InChI is InChI=1S/C32H24O4P2/c33-31(35-37(25-15-5-1-6-16-25)26-17-7-2-8-18-26)29-23-13-14-24-30(29)32(34)36-38(27-19-9-3-10-20-27)28-21-11-4-12-22-28/h1-24H. The van der Waals surface area contributed by atoms with Crippen LogP contribution in [0.3, 0.4) is 0 Å². The SMILES string of the molecule is O=C(OP(c1ccccc1)c1ccccc1)c1ccccc1C(=O)OP(c1ccccc1)c1ccccc1.